The van der Waals surface area contributed by atoms with Gasteiger partial charge in [-0.25, -0.2) is 0 Å². The Morgan fingerprint density at radius 1 is 0.505 bits per heavy atom. The lowest BCUT2D eigenvalue weighted by Crippen LogP contribution is -2.63. The first-order valence-corrected chi connectivity index (χ1v) is 38.5. The van der Waals surface area contributed by atoms with Crippen LogP contribution in [0.2, 0.25) is 0 Å². The van der Waals surface area contributed by atoms with Gasteiger partial charge in [0.2, 0.25) is 82.7 Å². The van der Waals surface area contributed by atoms with Crippen LogP contribution in [0.25, 0.3) is 0 Å². The van der Waals surface area contributed by atoms with E-state index in [0.29, 0.717) is 24.8 Å². The number of nitrogens with two attached hydrogens (primary N) is 4. The molecule has 0 aliphatic carbocycles. The molecule has 38 nitrogen and oxygen atoms in total. The van der Waals surface area contributed by atoms with Crippen LogP contribution in [0.5, 0.6) is 0 Å². The summed E-state index contributed by atoms with van der Waals surface area (Å²) in [4.78, 5) is 229. The molecule has 16 atom stereocenters. The number of guanidine groups is 2. The molecule has 107 heavy (non-hydrogen) atoms. The summed E-state index contributed by atoms with van der Waals surface area (Å²) in [5.41, 5.74) is 22.8. The van der Waals surface area contributed by atoms with Gasteiger partial charge in [-0.15, -0.1) is 0 Å². The zero-order chi connectivity index (χ0) is 78.8. The highest BCUT2D eigenvalue weighted by atomic mass is 33.1. The van der Waals surface area contributed by atoms with Crippen molar-refractivity contribution < 1.29 is 87.2 Å². The monoisotopic (exact) mass is 1540 g/mol. The maximum Gasteiger partial charge on any atom is 0.305 e. The Bertz CT molecular complexity index is 3420. The normalized spacial score (nSPS) is 28.1. The molecule has 5 fully saturated rings. The van der Waals surface area contributed by atoms with E-state index in [2.05, 4.69) is 68.5 Å². The number of nitrogens with zero attached hydrogens (tertiary/aromatic N) is 5. The van der Waals surface area contributed by atoms with Crippen LogP contribution in [0.1, 0.15) is 124 Å². The first kappa shape index (κ1) is 86.4. The molecule has 5 saturated heterocycles. The third-order valence-corrected chi connectivity index (χ3v) is 21.7. The predicted octanol–water partition coefficient (Wildman–Crippen LogP) is -6.38. The van der Waals surface area contributed by atoms with Crippen LogP contribution in [0.15, 0.2) is 40.3 Å². The summed E-state index contributed by atoms with van der Waals surface area (Å²) in [7, 11) is 1.67. The van der Waals surface area contributed by atoms with E-state index in [1.54, 1.807) is 58.0 Å². The minimum absolute atomic E-state index is 0.0147. The Morgan fingerprint density at radius 3 is 1.49 bits per heavy atom. The number of carboxylic acid groups (broad SMARTS) is 1. The van der Waals surface area contributed by atoms with Crippen molar-refractivity contribution in [2.24, 2.45) is 44.8 Å². The van der Waals surface area contributed by atoms with Gasteiger partial charge in [-0.3, -0.25) is 81.9 Å². The fraction of sp³-hybridized carbons (Fsp3) is 0.657. The van der Waals surface area contributed by atoms with E-state index in [0.717, 1.165) is 28.5 Å². The highest BCUT2D eigenvalue weighted by molar-refractivity contribution is 8.76. The van der Waals surface area contributed by atoms with Crippen molar-refractivity contribution in [3.63, 3.8) is 0 Å². The van der Waals surface area contributed by atoms with Gasteiger partial charge in [0.1, 0.15) is 78.5 Å². The number of carboxylic acids is 1. The molecule has 5 heterocycles. The standard InChI is InChI=1S/C67H104N20O18S2/c1-6-34(3)50-61(101)81-43-32-106-107-33-44(80-54(94)38(18-11-23-72-66(68)69)75-48(90)30-74-53(93)40(29-49(91)92)77-59(99)45-20-13-25-85(45)63(103)41(78-57(43)97)28-37-16-9-8-10-17-37)58(98)84-52(36(5)89)62(102)76-39(19-12-24-73-67(70)71)55(95)79-42(31-88)56(96)83-51(35(4)7-2)65(105)87-27-15-22-47(87)64(104)86-26-14-21-46(86)60(100)82-50/h8-10,16-17,34-36,38-47,50-52,88-89H,6-7,11-15,18-33H2,1-5H3,(H,74,93)(H,75,90)(H,76,102)(H,77,99)(H,78,97)(H,79,95)(H,80,94)(H,81,101)(H,82,100)(H,83,96)(H,84,98)(H,91,92)(H4,68,69,72)(H4,70,71,73)/t34-,35-,36+,38-,39-,40-,41-,42-,43-,44-,45+,46-,47-,50-,51-,52-/m0/s1. The van der Waals surface area contributed by atoms with E-state index in [9.17, 15) is 72.9 Å². The highest BCUT2D eigenvalue weighted by Gasteiger charge is 2.47. The molecule has 0 saturated carbocycles. The lowest BCUT2D eigenvalue weighted by molar-refractivity contribution is -0.149. The third kappa shape index (κ3) is 25.3. The summed E-state index contributed by atoms with van der Waals surface area (Å²) in [5, 5.41) is 60.0. The van der Waals surface area contributed by atoms with Crippen LogP contribution in [0.3, 0.4) is 0 Å². The van der Waals surface area contributed by atoms with Crippen LogP contribution < -0.4 is 81.4 Å². The van der Waals surface area contributed by atoms with Gasteiger partial charge in [-0.05, 0) is 88.5 Å². The molecule has 5 aliphatic heterocycles. The van der Waals surface area contributed by atoms with Gasteiger partial charge < -0.3 is 111 Å². The number of carbonyl (C=O) groups excluding carboxylic acids is 14. The van der Waals surface area contributed by atoms with Gasteiger partial charge in [0.05, 0.1) is 25.7 Å². The van der Waals surface area contributed by atoms with E-state index < -0.39 is 216 Å². The predicted molar refractivity (Wildman–Crippen MR) is 391 cm³/mol. The molecule has 1 aromatic carbocycles. The molecule has 0 unspecified atom stereocenters. The number of fused-ring (bicyclic) bond motifs is 8. The largest absolute Gasteiger partial charge is 0.481 e. The minimum Gasteiger partial charge on any atom is -0.481 e. The van der Waals surface area contributed by atoms with E-state index in [4.69, 9.17) is 22.9 Å². The summed E-state index contributed by atoms with van der Waals surface area (Å²) in [6, 6.07) is -11.9. The van der Waals surface area contributed by atoms with Crippen LogP contribution in [-0.4, -0.2) is 273 Å². The van der Waals surface area contributed by atoms with Gasteiger partial charge in [-0.2, -0.15) is 0 Å². The summed E-state index contributed by atoms with van der Waals surface area (Å²) in [5.74, 6) is -18.0. The molecule has 5 aliphatic rings. The number of aliphatic hydroxyl groups excluding tert-OH is 2. The fourth-order valence-electron chi connectivity index (χ4n) is 12.9. The van der Waals surface area contributed by atoms with Gasteiger partial charge >= 0.3 is 5.97 Å². The number of amides is 14. The topological polar surface area (TPSA) is 588 Å². The van der Waals surface area contributed by atoms with Crippen molar-refractivity contribution in [2.75, 3.05) is 57.4 Å². The Labute approximate surface area is 627 Å². The maximum atomic E-state index is 15.3. The first-order chi connectivity index (χ1) is 50.9. The number of aliphatic imine (C=N–C) groups is 2. The van der Waals surface area contributed by atoms with E-state index in [1.165, 1.54) is 14.7 Å². The van der Waals surface area contributed by atoms with Crippen molar-refractivity contribution in [3.8, 4) is 0 Å². The molecule has 6 rings (SSSR count). The number of aliphatic hydroxyl groups is 2. The first-order valence-electron chi connectivity index (χ1n) is 36.0. The molecular weight excluding hydrogens is 1440 g/mol. The van der Waals surface area contributed by atoms with E-state index in [-0.39, 0.29) is 109 Å². The number of hydrogen-bond acceptors (Lipinski definition) is 21. The molecule has 40 heteroatoms. The number of carbonyl (C=O) groups is 15. The molecule has 2 bridgehead atoms. The second kappa shape index (κ2) is 42.1. The fourth-order valence-corrected chi connectivity index (χ4v) is 15.3. The molecular formula is C67H104N20O18S2. The Morgan fingerprint density at radius 2 is 0.944 bits per heavy atom. The van der Waals surface area contributed by atoms with Crippen molar-refractivity contribution in [2.45, 2.75) is 209 Å². The van der Waals surface area contributed by atoms with Gasteiger partial charge in [0, 0.05) is 50.7 Å². The van der Waals surface area contributed by atoms with Crippen molar-refractivity contribution in [3.05, 3.63) is 35.9 Å². The van der Waals surface area contributed by atoms with Gasteiger partial charge in [-0.1, -0.05) is 92.5 Å². The second-order valence-corrected chi connectivity index (χ2v) is 29.7. The van der Waals surface area contributed by atoms with Crippen LogP contribution >= 0.6 is 21.6 Å². The zero-order valence-electron chi connectivity index (χ0n) is 60.7. The molecule has 14 amide bonds. The summed E-state index contributed by atoms with van der Waals surface area (Å²) in [6.45, 7) is 5.81. The third-order valence-electron chi connectivity index (χ3n) is 19.3. The Hall–Kier alpha value is -9.57. The molecule has 0 radical (unpaired) electrons. The number of nitrogens with one attached hydrogen (secondary N) is 11. The molecule has 0 spiro atoms. The lowest BCUT2D eigenvalue weighted by Gasteiger charge is -2.35. The zero-order valence-corrected chi connectivity index (χ0v) is 62.3. The van der Waals surface area contributed by atoms with Crippen molar-refractivity contribution in [1.29, 1.82) is 0 Å². The van der Waals surface area contributed by atoms with E-state index in [1.807, 2.05) is 0 Å². The van der Waals surface area contributed by atoms with Gasteiger partial charge in [0.25, 0.3) is 0 Å². The number of benzene rings is 1. The molecule has 22 N–H and O–H groups in total. The maximum absolute atomic E-state index is 15.3. The average Bonchev–Trinajstić information content (AvgIpc) is 1.61. The SMILES string of the molecule is CC[C@H](C)[C@@H]1NC(=O)[C@@H]2CCCN2C(=O)[C@@H]2CCCN2C(=O)[C@H]([C@@H](C)CC)NC(=O)[C@H](CO)NC(=O)[C@H](CCCN=C(N)N)NC(=O)[C@H]([C@@H](C)O)NC(=O)[C@@H]2CSSC[C@H](NC1=O)C(=O)N[C@@H](Cc1ccccc1)C(=O)N1CCC[C@@H]1C(=O)N[C@@H](CC(=O)O)C(=O)NCC(=O)N[C@@H](CCCN=C(N)N)C(=O)N2. The summed E-state index contributed by atoms with van der Waals surface area (Å²) >= 11 is 0. The molecule has 592 valence electrons. The Kier molecular flexibility index (Phi) is 34.0. The summed E-state index contributed by atoms with van der Waals surface area (Å²) in [6.07, 6.45) is -1.86. The van der Waals surface area contributed by atoms with Gasteiger partial charge in [0.15, 0.2) is 11.9 Å². The smallest absolute Gasteiger partial charge is 0.305 e. The minimum atomic E-state index is -1.99. The number of aliphatic carboxylic acids is 1. The van der Waals surface area contributed by atoms with Crippen molar-refractivity contribution in [1.82, 2.24) is 73.2 Å². The molecule has 1 aromatic rings. The molecule has 0 aromatic heterocycles. The number of rotatable bonds is 18. The highest BCUT2D eigenvalue weighted by Crippen LogP contribution is 2.29. The quantitative estimate of drug-likeness (QED) is 0.0281. The lowest BCUT2D eigenvalue weighted by atomic mass is 9.96. The van der Waals surface area contributed by atoms with Crippen molar-refractivity contribution >= 4 is 122 Å². The van der Waals surface area contributed by atoms with Crippen LogP contribution in [0.4, 0.5) is 0 Å². The summed E-state index contributed by atoms with van der Waals surface area (Å²) < 4.78 is 0. The second-order valence-electron chi connectivity index (χ2n) is 27.2. The Balaban J connectivity index is 1.51. The average molecular weight is 1540 g/mol. The van der Waals surface area contributed by atoms with E-state index >= 15 is 14.4 Å². The van der Waals surface area contributed by atoms with Crippen LogP contribution in [0, 0.1) is 11.8 Å². The van der Waals surface area contributed by atoms with Crippen LogP contribution in [-0.2, 0) is 78.3 Å². The number of hydrogen-bond donors (Lipinski definition) is 18.